The molecule has 0 atom stereocenters. The first-order chi connectivity index (χ1) is 14.1. The molecule has 0 saturated heterocycles. The lowest BCUT2D eigenvalue weighted by Gasteiger charge is -2.70. The minimum absolute atomic E-state index is 0.0769. The van der Waals surface area contributed by atoms with Gasteiger partial charge in [-0.25, -0.2) is 0 Å². The number of ketones is 1. The maximum Gasteiger partial charge on any atom is 0.586 e. The molecule has 2 bridgehead atoms. The van der Waals surface area contributed by atoms with E-state index in [1.807, 2.05) is 0 Å². The van der Waals surface area contributed by atoms with Crippen LogP contribution in [-0.2, 0) is 4.79 Å². The summed E-state index contributed by atoms with van der Waals surface area (Å²) in [5, 5.41) is 6.68. The number of ether oxygens (including phenoxy) is 3. The number of hydrogen-bond acceptors (Lipinski definition) is 7. The highest BCUT2D eigenvalue weighted by Crippen LogP contribution is 2.69. The highest BCUT2D eigenvalue weighted by molar-refractivity contribution is 5.94. The second kappa shape index (κ2) is 6.16. The van der Waals surface area contributed by atoms with Crippen LogP contribution in [0.15, 0.2) is 28.8 Å². The first-order valence-corrected chi connectivity index (χ1v) is 9.45. The average molecular weight is 420 g/mol. The fraction of sp³-hybridized carbons (Fsp3) is 0.450. The molecule has 0 radical (unpaired) electrons. The molecule has 8 nitrogen and oxygen atoms in total. The number of halogens is 2. The topological polar surface area (TPSA) is 99.9 Å². The lowest BCUT2D eigenvalue weighted by atomic mass is 9.38. The number of amides is 1. The van der Waals surface area contributed by atoms with Crippen LogP contribution in [0.2, 0.25) is 0 Å². The van der Waals surface area contributed by atoms with E-state index in [2.05, 4.69) is 19.9 Å². The lowest BCUT2D eigenvalue weighted by molar-refractivity contribution is -0.286. The first kappa shape index (κ1) is 18.8. The van der Waals surface area contributed by atoms with Crippen molar-refractivity contribution in [3.63, 3.8) is 0 Å². The van der Waals surface area contributed by atoms with Gasteiger partial charge in [0.2, 0.25) is 11.5 Å². The Bertz CT molecular complexity index is 1030. The van der Waals surface area contributed by atoms with Crippen LogP contribution in [0.5, 0.6) is 17.2 Å². The molecule has 1 aromatic heterocycles. The van der Waals surface area contributed by atoms with Crippen LogP contribution in [0, 0.1) is 12.3 Å². The first-order valence-electron chi connectivity index (χ1n) is 9.45. The van der Waals surface area contributed by atoms with Gasteiger partial charge in [-0.2, -0.15) is 0 Å². The fourth-order valence-corrected chi connectivity index (χ4v) is 4.74. The Morgan fingerprint density at radius 3 is 2.60 bits per heavy atom. The van der Waals surface area contributed by atoms with Crippen molar-refractivity contribution in [3.05, 3.63) is 35.7 Å². The Balaban J connectivity index is 1.09. The van der Waals surface area contributed by atoms with Gasteiger partial charge < -0.3 is 24.1 Å². The number of fused-ring (bicyclic) bond motifs is 1. The number of aryl methyl sites for hydroxylation is 1. The molecule has 0 unspecified atom stereocenters. The van der Waals surface area contributed by atoms with E-state index in [-0.39, 0.29) is 52.3 Å². The Morgan fingerprint density at radius 1 is 1.17 bits per heavy atom. The number of rotatable bonds is 7. The third-order valence-corrected chi connectivity index (χ3v) is 5.73. The molecule has 30 heavy (non-hydrogen) atoms. The van der Waals surface area contributed by atoms with Crippen LogP contribution in [0.4, 0.5) is 8.78 Å². The zero-order chi connectivity index (χ0) is 21.1. The number of carbonyl (C=O) groups excluding carboxylic acids is 2. The molecular weight excluding hydrogens is 402 g/mol. The van der Waals surface area contributed by atoms with E-state index >= 15 is 0 Å². The van der Waals surface area contributed by atoms with Gasteiger partial charge in [0.25, 0.3) is 5.91 Å². The summed E-state index contributed by atoms with van der Waals surface area (Å²) in [6.45, 7) is 1.49. The maximum absolute atomic E-state index is 13.0. The third kappa shape index (κ3) is 3.25. The quantitative estimate of drug-likeness (QED) is 0.688. The Hall–Kier alpha value is -3.17. The molecule has 4 aliphatic rings. The van der Waals surface area contributed by atoms with Crippen LogP contribution < -0.4 is 19.5 Å². The van der Waals surface area contributed by atoms with E-state index in [4.69, 9.17) is 9.26 Å². The standard InChI is InChI=1S/C20H18F2N2O6/c1-11-4-15(30-24-11)13(25)6-18-8-19(9-18,10-18)23-17(26)7-27-12-2-3-14-16(5-12)29-20(21,22)28-14/h2-5H,6-10H2,1H3,(H,23,26). The van der Waals surface area contributed by atoms with Gasteiger partial charge in [-0.05, 0) is 43.7 Å². The number of aromatic nitrogens is 1. The Morgan fingerprint density at radius 2 is 1.90 bits per heavy atom. The largest absolute Gasteiger partial charge is 0.586 e. The smallest absolute Gasteiger partial charge is 0.484 e. The number of Topliss-reactive ketones (excluding diaryl/α,β-unsaturated/α-hetero) is 1. The molecule has 0 spiro atoms. The Labute approximate surface area is 169 Å². The highest BCUT2D eigenvalue weighted by Gasteiger charge is 2.68. The van der Waals surface area contributed by atoms with Crippen molar-refractivity contribution < 1.29 is 37.1 Å². The van der Waals surface area contributed by atoms with Crippen molar-refractivity contribution in [2.45, 2.75) is 44.4 Å². The molecule has 158 valence electrons. The van der Waals surface area contributed by atoms with Crippen molar-refractivity contribution in [2.24, 2.45) is 5.41 Å². The van der Waals surface area contributed by atoms with Gasteiger partial charge in [0.15, 0.2) is 18.1 Å². The SMILES string of the molecule is Cc1cc(C(=O)CC23CC(NC(=O)COc4ccc5c(c4)OC(F)(F)O5)(C2)C3)on1. The zero-order valence-electron chi connectivity index (χ0n) is 16.0. The van der Waals surface area contributed by atoms with Crippen LogP contribution in [0.1, 0.15) is 41.9 Å². The van der Waals surface area contributed by atoms with E-state index in [1.54, 1.807) is 13.0 Å². The molecule has 6 rings (SSSR count). The van der Waals surface area contributed by atoms with Gasteiger partial charge in [-0.1, -0.05) is 5.16 Å². The second-order valence-electron chi connectivity index (χ2n) is 8.36. The number of nitrogens with zero attached hydrogens (tertiary/aromatic N) is 1. The molecule has 1 amide bonds. The number of hydrogen-bond donors (Lipinski definition) is 1. The summed E-state index contributed by atoms with van der Waals surface area (Å²) in [6, 6.07) is 5.58. The summed E-state index contributed by atoms with van der Waals surface area (Å²) in [5.41, 5.74) is 0.277. The molecule has 3 aliphatic carbocycles. The number of nitrogens with one attached hydrogen (secondary N) is 1. The van der Waals surface area contributed by atoms with Gasteiger partial charge in [0, 0.05) is 24.1 Å². The van der Waals surface area contributed by atoms with Gasteiger partial charge >= 0.3 is 6.29 Å². The van der Waals surface area contributed by atoms with Crippen molar-refractivity contribution in [1.82, 2.24) is 10.5 Å². The summed E-state index contributed by atoms with van der Waals surface area (Å²) in [6.07, 6.45) is -1.15. The molecule has 2 heterocycles. The summed E-state index contributed by atoms with van der Waals surface area (Å²) in [7, 11) is 0. The molecule has 1 N–H and O–H groups in total. The van der Waals surface area contributed by atoms with E-state index in [9.17, 15) is 18.4 Å². The van der Waals surface area contributed by atoms with Crippen molar-refractivity contribution in [2.75, 3.05) is 6.61 Å². The predicted molar refractivity (Wildman–Crippen MR) is 95.5 cm³/mol. The molecule has 2 aromatic rings. The molecule has 1 aliphatic heterocycles. The lowest BCUT2D eigenvalue weighted by Crippen LogP contribution is -2.75. The minimum atomic E-state index is -3.70. The van der Waals surface area contributed by atoms with Gasteiger partial charge in [0.05, 0.1) is 5.69 Å². The van der Waals surface area contributed by atoms with E-state index in [1.165, 1.54) is 18.2 Å². The second-order valence-corrected chi connectivity index (χ2v) is 8.36. The monoisotopic (exact) mass is 420 g/mol. The predicted octanol–water partition coefficient (Wildman–Crippen LogP) is 3.00. The third-order valence-electron chi connectivity index (χ3n) is 5.73. The van der Waals surface area contributed by atoms with Crippen LogP contribution >= 0.6 is 0 Å². The number of carbonyl (C=O) groups is 2. The van der Waals surface area contributed by atoms with Gasteiger partial charge in [-0.15, -0.1) is 8.78 Å². The Kier molecular flexibility index (Phi) is 3.87. The molecule has 3 fully saturated rings. The zero-order valence-corrected chi connectivity index (χ0v) is 16.0. The van der Waals surface area contributed by atoms with Crippen molar-refractivity contribution in [3.8, 4) is 17.2 Å². The maximum atomic E-state index is 13.0. The number of alkyl halides is 2. The van der Waals surface area contributed by atoms with E-state index in [0.717, 1.165) is 19.3 Å². The van der Waals surface area contributed by atoms with Crippen molar-refractivity contribution >= 4 is 11.7 Å². The highest BCUT2D eigenvalue weighted by atomic mass is 19.3. The molecule has 1 aromatic carbocycles. The summed E-state index contributed by atoms with van der Waals surface area (Å²) in [4.78, 5) is 24.5. The summed E-state index contributed by atoms with van der Waals surface area (Å²) < 4.78 is 45.2. The normalized spacial score (nSPS) is 27.0. The molecule has 10 heteroatoms. The van der Waals surface area contributed by atoms with Crippen LogP contribution in [0.25, 0.3) is 0 Å². The fourth-order valence-electron chi connectivity index (χ4n) is 4.74. The van der Waals surface area contributed by atoms with Crippen LogP contribution in [-0.4, -0.2) is 35.3 Å². The van der Waals surface area contributed by atoms with E-state index < -0.39 is 6.29 Å². The van der Waals surface area contributed by atoms with Gasteiger partial charge in [-0.3, -0.25) is 9.59 Å². The summed E-state index contributed by atoms with van der Waals surface area (Å²) in [5.74, 6) is -0.148. The molecular formula is C20H18F2N2O6. The van der Waals surface area contributed by atoms with E-state index in [0.29, 0.717) is 12.1 Å². The minimum Gasteiger partial charge on any atom is -0.484 e. The number of benzene rings is 1. The average Bonchev–Trinajstić information content (AvgIpc) is 3.17. The molecule has 3 saturated carbocycles. The summed E-state index contributed by atoms with van der Waals surface area (Å²) >= 11 is 0. The van der Waals surface area contributed by atoms with Crippen molar-refractivity contribution in [1.29, 1.82) is 0 Å². The van der Waals surface area contributed by atoms with Crippen LogP contribution in [0.3, 0.4) is 0 Å². The van der Waals surface area contributed by atoms with Gasteiger partial charge in [0.1, 0.15) is 5.75 Å².